The van der Waals surface area contributed by atoms with Gasteiger partial charge >= 0.3 is 0 Å². The molecule has 1 N–H and O–H groups in total. The Hall–Kier alpha value is -1.80. The predicted octanol–water partition coefficient (Wildman–Crippen LogP) is 2.30. The number of fused-ring (bicyclic) bond motifs is 1. The maximum atomic E-state index is 10.6. The lowest BCUT2D eigenvalue weighted by Gasteiger charge is -2.30. The third-order valence-electron chi connectivity index (χ3n) is 4.10. The van der Waals surface area contributed by atoms with Crippen molar-refractivity contribution in [3.63, 3.8) is 0 Å². The Kier molecular flexibility index (Phi) is 3.87. The molecular formula is C18H22O2. The van der Waals surface area contributed by atoms with Gasteiger partial charge in [0.05, 0.1) is 7.11 Å². The van der Waals surface area contributed by atoms with E-state index in [9.17, 15) is 5.11 Å². The smallest absolute Gasteiger partial charge is 0.119 e. The van der Waals surface area contributed by atoms with Crippen molar-refractivity contribution in [2.45, 2.75) is 32.3 Å². The lowest BCUT2D eigenvalue weighted by molar-refractivity contribution is 0.110. The second-order valence-electron chi connectivity index (χ2n) is 5.54. The zero-order valence-electron chi connectivity index (χ0n) is 12.5. The summed E-state index contributed by atoms with van der Waals surface area (Å²) in [5.74, 6) is 0.874. The van der Waals surface area contributed by atoms with E-state index in [0.717, 1.165) is 23.3 Å². The van der Waals surface area contributed by atoms with Crippen LogP contribution in [0.3, 0.4) is 0 Å². The van der Waals surface area contributed by atoms with Gasteiger partial charge < -0.3 is 9.84 Å². The van der Waals surface area contributed by atoms with Crippen LogP contribution < -0.4 is 15.2 Å². The molecule has 2 heteroatoms. The molecule has 0 atom stereocenters. The zero-order chi connectivity index (χ0) is 14.9. The quantitative estimate of drug-likeness (QED) is 0.804. The molecule has 0 heterocycles. The molecule has 2 rings (SSSR count). The molecule has 0 aromatic heterocycles. The summed E-state index contributed by atoms with van der Waals surface area (Å²) >= 11 is 0. The van der Waals surface area contributed by atoms with Crippen LogP contribution in [0.15, 0.2) is 42.5 Å². The molecule has 1 aromatic rings. The van der Waals surface area contributed by atoms with Crippen LogP contribution in [0.2, 0.25) is 0 Å². The summed E-state index contributed by atoms with van der Waals surface area (Å²) in [5, 5.41) is 13.1. The van der Waals surface area contributed by atoms with Crippen molar-refractivity contribution in [3.8, 4) is 5.75 Å². The summed E-state index contributed by atoms with van der Waals surface area (Å²) in [6.45, 7) is 11.5. The Labute approximate surface area is 120 Å². The SMILES string of the molecule is C=C(C)C(O)(CCC1=c2ccc(OC)cc2=C1)C(=C)C. The molecule has 0 amide bonds. The summed E-state index contributed by atoms with van der Waals surface area (Å²) in [5.41, 5.74) is 1.80. The summed E-state index contributed by atoms with van der Waals surface area (Å²) in [6, 6.07) is 6.07. The summed E-state index contributed by atoms with van der Waals surface area (Å²) in [6.07, 6.45) is 3.58. The number of aliphatic hydroxyl groups is 1. The van der Waals surface area contributed by atoms with Crippen LogP contribution in [-0.4, -0.2) is 17.8 Å². The van der Waals surface area contributed by atoms with Crippen LogP contribution in [0, 0.1) is 0 Å². The highest BCUT2D eigenvalue weighted by Crippen LogP contribution is 2.30. The monoisotopic (exact) mass is 270 g/mol. The van der Waals surface area contributed by atoms with E-state index in [1.165, 1.54) is 16.0 Å². The standard InChI is InChI=1S/C18H22O2/c1-12(2)18(19,13(3)4)9-8-14-10-15-11-16(20-5)6-7-17(14)15/h6-7,10-11,19H,1,3,8-9H2,2,4-5H3. The Morgan fingerprint density at radius 2 is 1.90 bits per heavy atom. The normalized spacial score (nSPS) is 13.1. The first-order chi connectivity index (χ1) is 9.38. The van der Waals surface area contributed by atoms with Crippen LogP contribution in [-0.2, 0) is 0 Å². The van der Waals surface area contributed by atoms with Crippen LogP contribution in [0.5, 0.6) is 5.75 Å². The van der Waals surface area contributed by atoms with Gasteiger partial charge in [-0.15, -0.1) is 0 Å². The van der Waals surface area contributed by atoms with Crippen LogP contribution in [0.25, 0.3) is 11.6 Å². The Balaban J connectivity index is 2.17. The van der Waals surface area contributed by atoms with E-state index in [0.29, 0.717) is 6.42 Å². The average Bonchev–Trinajstić information content (AvgIpc) is 2.38. The van der Waals surface area contributed by atoms with E-state index in [2.05, 4.69) is 25.3 Å². The fraction of sp³-hybridized carbons (Fsp3) is 0.333. The molecule has 0 radical (unpaired) electrons. The maximum Gasteiger partial charge on any atom is 0.119 e. The summed E-state index contributed by atoms with van der Waals surface area (Å²) < 4.78 is 5.20. The molecule has 0 unspecified atom stereocenters. The second-order valence-corrected chi connectivity index (χ2v) is 5.54. The molecule has 106 valence electrons. The van der Waals surface area contributed by atoms with Gasteiger partial charge in [0.15, 0.2) is 0 Å². The van der Waals surface area contributed by atoms with Gasteiger partial charge in [-0.3, -0.25) is 0 Å². The van der Waals surface area contributed by atoms with E-state index >= 15 is 0 Å². The van der Waals surface area contributed by atoms with E-state index in [-0.39, 0.29) is 0 Å². The minimum Gasteiger partial charge on any atom is -0.497 e. The highest BCUT2D eigenvalue weighted by Gasteiger charge is 2.29. The van der Waals surface area contributed by atoms with Crippen molar-refractivity contribution in [3.05, 3.63) is 52.9 Å². The number of hydrogen-bond acceptors (Lipinski definition) is 2. The van der Waals surface area contributed by atoms with Crippen LogP contribution >= 0.6 is 0 Å². The molecule has 1 aromatic carbocycles. The van der Waals surface area contributed by atoms with Gasteiger partial charge in [0, 0.05) is 0 Å². The predicted molar refractivity (Wildman–Crippen MR) is 83.9 cm³/mol. The molecule has 0 bridgehead atoms. The number of benzene rings is 1. The first-order valence-electron chi connectivity index (χ1n) is 6.82. The number of rotatable bonds is 6. The average molecular weight is 270 g/mol. The Bertz CT molecular complexity index is 666. The molecular weight excluding hydrogens is 248 g/mol. The van der Waals surface area contributed by atoms with E-state index in [1.807, 2.05) is 26.0 Å². The fourth-order valence-corrected chi connectivity index (χ4v) is 2.58. The number of ether oxygens (including phenoxy) is 1. The minimum atomic E-state index is -0.969. The summed E-state index contributed by atoms with van der Waals surface area (Å²) in [4.78, 5) is 0. The topological polar surface area (TPSA) is 29.5 Å². The lowest BCUT2D eigenvalue weighted by Crippen LogP contribution is -2.36. The van der Waals surface area contributed by atoms with E-state index < -0.39 is 5.60 Å². The Morgan fingerprint density at radius 1 is 1.25 bits per heavy atom. The molecule has 0 saturated heterocycles. The highest BCUT2D eigenvalue weighted by atomic mass is 16.5. The maximum absolute atomic E-state index is 10.6. The van der Waals surface area contributed by atoms with Gasteiger partial charge in [0.1, 0.15) is 11.4 Å². The highest BCUT2D eigenvalue weighted by molar-refractivity contribution is 5.82. The molecule has 20 heavy (non-hydrogen) atoms. The van der Waals surface area contributed by atoms with Gasteiger partial charge in [-0.25, -0.2) is 0 Å². The number of methoxy groups -OCH3 is 1. The molecule has 0 aliphatic heterocycles. The minimum absolute atomic E-state index is 0.620. The molecule has 1 aliphatic rings. The molecule has 0 fully saturated rings. The molecule has 0 spiro atoms. The summed E-state index contributed by atoms with van der Waals surface area (Å²) in [7, 11) is 1.67. The first kappa shape index (κ1) is 14.6. The van der Waals surface area contributed by atoms with Crippen molar-refractivity contribution in [1.29, 1.82) is 0 Å². The first-order valence-corrected chi connectivity index (χ1v) is 6.82. The zero-order valence-corrected chi connectivity index (χ0v) is 12.5. The molecule has 1 aliphatic carbocycles. The van der Waals surface area contributed by atoms with Crippen molar-refractivity contribution < 1.29 is 9.84 Å². The number of hydrogen-bond donors (Lipinski definition) is 1. The Morgan fingerprint density at radius 3 is 2.40 bits per heavy atom. The van der Waals surface area contributed by atoms with Crippen molar-refractivity contribution in [2.75, 3.05) is 7.11 Å². The van der Waals surface area contributed by atoms with Crippen molar-refractivity contribution in [2.24, 2.45) is 0 Å². The van der Waals surface area contributed by atoms with Gasteiger partial charge in [0.25, 0.3) is 0 Å². The van der Waals surface area contributed by atoms with Gasteiger partial charge in [-0.05, 0) is 66.0 Å². The second kappa shape index (κ2) is 5.29. The fourth-order valence-electron chi connectivity index (χ4n) is 2.58. The van der Waals surface area contributed by atoms with Gasteiger partial charge in [-0.1, -0.05) is 25.3 Å². The van der Waals surface area contributed by atoms with E-state index in [4.69, 9.17) is 4.74 Å². The van der Waals surface area contributed by atoms with Crippen molar-refractivity contribution in [1.82, 2.24) is 0 Å². The van der Waals surface area contributed by atoms with Crippen molar-refractivity contribution >= 4 is 11.6 Å². The van der Waals surface area contributed by atoms with Crippen LogP contribution in [0.4, 0.5) is 0 Å². The van der Waals surface area contributed by atoms with Gasteiger partial charge in [0.2, 0.25) is 0 Å². The molecule has 0 saturated carbocycles. The van der Waals surface area contributed by atoms with E-state index in [1.54, 1.807) is 7.11 Å². The lowest BCUT2D eigenvalue weighted by atomic mass is 9.82. The van der Waals surface area contributed by atoms with Gasteiger partial charge in [-0.2, -0.15) is 0 Å². The molecule has 2 nitrogen and oxygen atoms in total. The van der Waals surface area contributed by atoms with Crippen LogP contribution in [0.1, 0.15) is 26.7 Å². The third-order valence-corrected chi connectivity index (χ3v) is 4.10. The third kappa shape index (κ3) is 2.44. The largest absolute Gasteiger partial charge is 0.497 e.